The number of aromatic nitrogens is 2. The molecule has 0 spiro atoms. The van der Waals surface area contributed by atoms with Gasteiger partial charge in [0.2, 0.25) is 0 Å². The lowest BCUT2D eigenvalue weighted by molar-refractivity contribution is 0.408. The maximum Gasteiger partial charge on any atom is 0.0829 e. The number of rotatable bonds is 7. The summed E-state index contributed by atoms with van der Waals surface area (Å²) in [7, 11) is 2.03. The van der Waals surface area contributed by atoms with Crippen LogP contribution in [0.5, 0.6) is 0 Å². The Morgan fingerprint density at radius 2 is 2.00 bits per heavy atom. The van der Waals surface area contributed by atoms with Crippen LogP contribution in [0.3, 0.4) is 0 Å². The van der Waals surface area contributed by atoms with E-state index in [9.17, 15) is 0 Å². The topological polar surface area (TPSA) is 37.8 Å². The summed E-state index contributed by atoms with van der Waals surface area (Å²) in [6.07, 6.45) is 3.73. The molecule has 1 N–H and O–H groups in total. The first-order valence-electron chi connectivity index (χ1n) is 6.59. The molecule has 0 fully saturated rings. The second kappa shape index (κ2) is 7.07. The highest BCUT2D eigenvalue weighted by molar-refractivity contribution is 7.05. The lowest BCUT2D eigenvalue weighted by Crippen LogP contribution is -2.19. The first-order chi connectivity index (χ1) is 8.10. The molecule has 0 saturated carbocycles. The van der Waals surface area contributed by atoms with Gasteiger partial charge < -0.3 is 5.32 Å². The second-order valence-corrected chi connectivity index (χ2v) is 5.93. The zero-order valence-corrected chi connectivity index (χ0v) is 12.5. The largest absolute Gasteiger partial charge is 0.312 e. The van der Waals surface area contributed by atoms with Crippen LogP contribution in [0, 0.1) is 5.92 Å². The molecule has 0 bridgehead atoms. The van der Waals surface area contributed by atoms with E-state index < -0.39 is 0 Å². The Kier molecular flexibility index (Phi) is 6.06. The van der Waals surface area contributed by atoms with Gasteiger partial charge in [-0.1, -0.05) is 45.0 Å². The number of hydrogen-bond donors (Lipinski definition) is 1. The van der Waals surface area contributed by atoms with Crippen LogP contribution in [0.1, 0.15) is 69.5 Å². The van der Waals surface area contributed by atoms with Gasteiger partial charge in [0.1, 0.15) is 0 Å². The van der Waals surface area contributed by atoms with E-state index >= 15 is 0 Å². The van der Waals surface area contributed by atoms with Crippen LogP contribution in [0.15, 0.2) is 0 Å². The first-order valence-corrected chi connectivity index (χ1v) is 7.36. The van der Waals surface area contributed by atoms with Gasteiger partial charge in [0, 0.05) is 6.04 Å². The van der Waals surface area contributed by atoms with Crippen LogP contribution < -0.4 is 5.32 Å². The fourth-order valence-corrected chi connectivity index (χ4v) is 3.14. The van der Waals surface area contributed by atoms with Gasteiger partial charge in [-0.15, -0.1) is 5.10 Å². The molecule has 1 aromatic rings. The van der Waals surface area contributed by atoms with Crippen LogP contribution in [-0.4, -0.2) is 16.6 Å². The van der Waals surface area contributed by atoms with Crippen molar-refractivity contribution in [3.05, 3.63) is 10.6 Å². The van der Waals surface area contributed by atoms with Gasteiger partial charge in [0.15, 0.2) is 0 Å². The second-order valence-electron chi connectivity index (χ2n) is 5.15. The average Bonchev–Trinajstić information content (AvgIpc) is 2.75. The molecule has 0 aliphatic carbocycles. The van der Waals surface area contributed by atoms with Crippen LogP contribution in [0.25, 0.3) is 0 Å². The molecule has 2 atom stereocenters. The third-order valence-corrected chi connectivity index (χ3v) is 4.03. The summed E-state index contributed by atoms with van der Waals surface area (Å²) >= 11 is 1.55. The van der Waals surface area contributed by atoms with Gasteiger partial charge in [-0.25, -0.2) is 0 Å². The minimum atomic E-state index is 0.411. The summed E-state index contributed by atoms with van der Waals surface area (Å²) < 4.78 is 4.12. The van der Waals surface area contributed by atoms with E-state index in [1.54, 1.807) is 11.5 Å². The third-order valence-electron chi connectivity index (χ3n) is 3.17. The summed E-state index contributed by atoms with van der Waals surface area (Å²) in [6, 6.07) is 0.411. The molecule has 17 heavy (non-hydrogen) atoms. The number of nitrogens with one attached hydrogen (secondary N) is 1. The lowest BCUT2D eigenvalue weighted by Gasteiger charge is -2.20. The summed E-state index contributed by atoms with van der Waals surface area (Å²) in [5.41, 5.74) is 1.16. The van der Waals surface area contributed by atoms with Crippen molar-refractivity contribution in [2.45, 2.75) is 58.9 Å². The summed E-state index contributed by atoms with van der Waals surface area (Å²) in [4.78, 5) is 1.32. The van der Waals surface area contributed by atoms with Crippen molar-refractivity contribution in [2.75, 3.05) is 7.05 Å². The number of hydrogen-bond acceptors (Lipinski definition) is 4. The molecular weight excluding hydrogens is 230 g/mol. The van der Waals surface area contributed by atoms with E-state index in [1.807, 2.05) is 7.05 Å². The lowest BCUT2D eigenvalue weighted by atomic mass is 9.94. The fourth-order valence-electron chi connectivity index (χ4n) is 2.22. The van der Waals surface area contributed by atoms with E-state index in [2.05, 4.69) is 42.6 Å². The normalized spacial score (nSPS) is 15.2. The van der Waals surface area contributed by atoms with Crippen molar-refractivity contribution in [3.8, 4) is 0 Å². The van der Waals surface area contributed by atoms with Crippen molar-refractivity contribution in [3.63, 3.8) is 0 Å². The monoisotopic (exact) mass is 255 g/mol. The minimum Gasteiger partial charge on any atom is -0.312 e. The summed E-state index contributed by atoms with van der Waals surface area (Å²) in [5.74, 6) is 1.21. The van der Waals surface area contributed by atoms with Gasteiger partial charge in [0.05, 0.1) is 10.6 Å². The van der Waals surface area contributed by atoms with Gasteiger partial charge in [-0.3, -0.25) is 0 Å². The van der Waals surface area contributed by atoms with Crippen molar-refractivity contribution in [2.24, 2.45) is 5.92 Å². The van der Waals surface area contributed by atoms with Gasteiger partial charge >= 0.3 is 0 Å². The van der Waals surface area contributed by atoms with E-state index in [0.29, 0.717) is 12.0 Å². The molecule has 0 aromatic carbocycles. The molecule has 1 aromatic heterocycles. The average molecular weight is 255 g/mol. The Morgan fingerprint density at radius 3 is 2.53 bits per heavy atom. The van der Waals surface area contributed by atoms with Crippen LogP contribution in [0.2, 0.25) is 0 Å². The van der Waals surface area contributed by atoms with Crippen molar-refractivity contribution in [1.82, 2.24) is 14.9 Å². The Balaban J connectivity index is 2.75. The Bertz CT molecular complexity index is 322. The molecule has 0 saturated heterocycles. The van der Waals surface area contributed by atoms with Crippen LogP contribution >= 0.6 is 11.5 Å². The standard InChI is InChI=1S/C13H25N3S/c1-6-7-10(4)8-11(14-5)13-12(9(2)3)15-16-17-13/h9-11,14H,6-8H2,1-5H3. The predicted molar refractivity (Wildman–Crippen MR) is 74.5 cm³/mol. The molecule has 3 nitrogen and oxygen atoms in total. The predicted octanol–water partition coefficient (Wildman–Crippen LogP) is 3.75. The van der Waals surface area contributed by atoms with Crippen molar-refractivity contribution < 1.29 is 0 Å². The zero-order valence-electron chi connectivity index (χ0n) is 11.7. The molecule has 1 rings (SSSR count). The van der Waals surface area contributed by atoms with Crippen LogP contribution in [0.4, 0.5) is 0 Å². The quantitative estimate of drug-likeness (QED) is 0.806. The number of nitrogens with zero attached hydrogens (tertiary/aromatic N) is 2. The van der Waals surface area contributed by atoms with E-state index in [4.69, 9.17) is 0 Å². The molecule has 0 amide bonds. The Morgan fingerprint density at radius 1 is 1.29 bits per heavy atom. The highest BCUT2D eigenvalue weighted by atomic mass is 32.1. The highest BCUT2D eigenvalue weighted by Crippen LogP contribution is 2.30. The molecule has 0 aliphatic heterocycles. The molecule has 98 valence electrons. The maximum atomic E-state index is 4.27. The molecule has 0 aliphatic rings. The van der Waals surface area contributed by atoms with Gasteiger partial charge in [-0.05, 0) is 36.8 Å². The Hall–Kier alpha value is -0.480. The van der Waals surface area contributed by atoms with Gasteiger partial charge in [0.25, 0.3) is 0 Å². The minimum absolute atomic E-state index is 0.411. The molecule has 1 heterocycles. The molecular formula is C13H25N3S. The van der Waals surface area contributed by atoms with Crippen molar-refractivity contribution in [1.29, 1.82) is 0 Å². The van der Waals surface area contributed by atoms with Crippen LogP contribution in [-0.2, 0) is 0 Å². The van der Waals surface area contributed by atoms with E-state index in [1.165, 1.54) is 24.1 Å². The van der Waals surface area contributed by atoms with E-state index in [-0.39, 0.29) is 0 Å². The maximum absolute atomic E-state index is 4.27. The first kappa shape index (κ1) is 14.6. The van der Waals surface area contributed by atoms with Crippen molar-refractivity contribution >= 4 is 11.5 Å². The molecule has 2 unspecified atom stereocenters. The van der Waals surface area contributed by atoms with Gasteiger partial charge in [-0.2, -0.15) is 0 Å². The zero-order chi connectivity index (χ0) is 12.8. The molecule has 4 heteroatoms. The fraction of sp³-hybridized carbons (Fsp3) is 0.846. The smallest absolute Gasteiger partial charge is 0.0829 e. The Labute approximate surface area is 109 Å². The SMILES string of the molecule is CCCC(C)CC(NC)c1snnc1C(C)C. The van der Waals surface area contributed by atoms with E-state index in [0.717, 1.165) is 11.6 Å². The summed E-state index contributed by atoms with van der Waals surface area (Å²) in [6.45, 7) is 8.95. The molecule has 0 radical (unpaired) electrons. The third kappa shape index (κ3) is 4.03. The summed E-state index contributed by atoms with van der Waals surface area (Å²) in [5, 5.41) is 7.69. The highest BCUT2D eigenvalue weighted by Gasteiger charge is 2.21.